The molecule has 25 heavy (non-hydrogen) atoms. The van der Waals surface area contributed by atoms with Crippen LogP contribution in [0.3, 0.4) is 0 Å². The Balaban J connectivity index is 1.44. The summed E-state index contributed by atoms with van der Waals surface area (Å²) in [6.45, 7) is 4.86. The molecule has 1 aliphatic carbocycles. The number of nitrogens with zero attached hydrogens (tertiary/aromatic N) is 2. The molecule has 1 saturated carbocycles. The first-order valence-corrected chi connectivity index (χ1v) is 9.76. The van der Waals surface area contributed by atoms with Crippen LogP contribution < -0.4 is 0 Å². The van der Waals surface area contributed by atoms with Gasteiger partial charge in [-0.1, -0.05) is 43.5 Å². The number of amides is 2. The Morgan fingerprint density at radius 2 is 1.60 bits per heavy atom. The van der Waals surface area contributed by atoms with Gasteiger partial charge in [0.25, 0.3) is 0 Å². The van der Waals surface area contributed by atoms with Crippen LogP contribution in [-0.4, -0.2) is 47.8 Å². The van der Waals surface area contributed by atoms with Crippen LogP contribution in [0.1, 0.15) is 49.7 Å². The molecule has 2 aliphatic rings. The lowest BCUT2D eigenvalue weighted by molar-refractivity contribution is -0.142. The molecule has 2 fully saturated rings. The van der Waals surface area contributed by atoms with Gasteiger partial charge < -0.3 is 9.80 Å². The van der Waals surface area contributed by atoms with E-state index in [0.29, 0.717) is 38.5 Å². The highest BCUT2D eigenvalue weighted by Crippen LogP contribution is 2.26. The molecule has 3 rings (SSSR count). The van der Waals surface area contributed by atoms with Gasteiger partial charge in [-0.05, 0) is 37.3 Å². The second-order valence-corrected chi connectivity index (χ2v) is 7.47. The molecule has 1 aliphatic heterocycles. The lowest BCUT2D eigenvalue weighted by Gasteiger charge is -2.37. The lowest BCUT2D eigenvalue weighted by Crippen LogP contribution is -2.52. The van der Waals surface area contributed by atoms with Crippen molar-refractivity contribution in [2.24, 2.45) is 5.92 Å². The monoisotopic (exact) mass is 342 g/mol. The molecule has 0 aromatic heterocycles. The number of benzene rings is 1. The van der Waals surface area contributed by atoms with Crippen molar-refractivity contribution in [3.05, 3.63) is 35.4 Å². The number of carbonyl (C=O) groups excluding carboxylic acids is 2. The van der Waals surface area contributed by atoms with Crippen molar-refractivity contribution in [3.8, 4) is 0 Å². The summed E-state index contributed by atoms with van der Waals surface area (Å²) < 4.78 is 0. The topological polar surface area (TPSA) is 40.6 Å². The van der Waals surface area contributed by atoms with Gasteiger partial charge in [-0.3, -0.25) is 9.59 Å². The Morgan fingerprint density at radius 1 is 0.960 bits per heavy atom. The maximum Gasteiger partial charge on any atom is 0.225 e. The fourth-order valence-electron chi connectivity index (χ4n) is 4.07. The van der Waals surface area contributed by atoms with Crippen molar-refractivity contribution in [1.82, 2.24) is 9.80 Å². The average Bonchev–Trinajstić information content (AvgIpc) is 2.67. The molecule has 2 amide bonds. The van der Waals surface area contributed by atoms with Crippen molar-refractivity contribution >= 4 is 11.8 Å². The van der Waals surface area contributed by atoms with Crippen LogP contribution in [0.2, 0.25) is 0 Å². The zero-order valence-corrected chi connectivity index (χ0v) is 15.4. The summed E-state index contributed by atoms with van der Waals surface area (Å²) in [5, 5.41) is 0. The zero-order chi connectivity index (χ0) is 17.6. The summed E-state index contributed by atoms with van der Waals surface area (Å²) in [7, 11) is 0. The fraction of sp³-hybridized carbons (Fsp3) is 0.619. The third kappa shape index (κ3) is 4.62. The molecule has 4 nitrogen and oxygen atoms in total. The standard InChI is InChI=1S/C21H30N2O2/c1-17-7-5-6-8-18(17)11-12-20(24)22-13-15-23(16-14-22)21(25)19-9-3-2-4-10-19/h5-8,19H,2-4,9-16H2,1H3. The van der Waals surface area contributed by atoms with Crippen molar-refractivity contribution < 1.29 is 9.59 Å². The van der Waals surface area contributed by atoms with E-state index in [4.69, 9.17) is 0 Å². The Kier molecular flexibility index (Phi) is 6.11. The molecular formula is C21H30N2O2. The number of carbonyl (C=O) groups is 2. The predicted octanol–water partition coefficient (Wildman–Crippen LogP) is 3.18. The van der Waals surface area contributed by atoms with Crippen molar-refractivity contribution in [2.75, 3.05) is 26.2 Å². The molecule has 0 N–H and O–H groups in total. The smallest absolute Gasteiger partial charge is 0.225 e. The van der Waals surface area contributed by atoms with E-state index < -0.39 is 0 Å². The first kappa shape index (κ1) is 18.0. The van der Waals surface area contributed by atoms with Gasteiger partial charge in [-0.2, -0.15) is 0 Å². The minimum absolute atomic E-state index is 0.216. The summed E-state index contributed by atoms with van der Waals surface area (Å²) in [6, 6.07) is 8.25. The molecule has 1 heterocycles. The van der Waals surface area contributed by atoms with Gasteiger partial charge in [0.2, 0.25) is 11.8 Å². The Hall–Kier alpha value is -1.84. The summed E-state index contributed by atoms with van der Waals surface area (Å²) in [5.41, 5.74) is 2.50. The van der Waals surface area contributed by atoms with Crippen LogP contribution >= 0.6 is 0 Å². The Labute approximate surface area is 151 Å². The highest BCUT2D eigenvalue weighted by Gasteiger charge is 2.29. The van der Waals surface area contributed by atoms with Crippen LogP contribution in [0.15, 0.2) is 24.3 Å². The maximum atomic E-state index is 12.6. The van der Waals surface area contributed by atoms with E-state index in [9.17, 15) is 9.59 Å². The molecule has 1 aromatic carbocycles. The highest BCUT2D eigenvalue weighted by molar-refractivity contribution is 5.80. The van der Waals surface area contributed by atoms with Crippen LogP contribution in [0.5, 0.6) is 0 Å². The van der Waals surface area contributed by atoms with Crippen molar-refractivity contribution in [2.45, 2.75) is 51.9 Å². The Bertz CT molecular complexity index is 600. The third-order valence-corrected chi connectivity index (χ3v) is 5.77. The number of piperazine rings is 1. The SMILES string of the molecule is Cc1ccccc1CCC(=O)N1CCN(C(=O)C2CCCCC2)CC1. The normalized spacial score (nSPS) is 19.1. The summed E-state index contributed by atoms with van der Waals surface area (Å²) in [5.74, 6) is 0.775. The van der Waals surface area contributed by atoms with E-state index in [1.54, 1.807) is 0 Å². The van der Waals surface area contributed by atoms with Gasteiger partial charge in [-0.25, -0.2) is 0 Å². The summed E-state index contributed by atoms with van der Waals surface area (Å²) in [4.78, 5) is 29.0. The van der Waals surface area contributed by atoms with Crippen molar-refractivity contribution in [3.63, 3.8) is 0 Å². The second-order valence-electron chi connectivity index (χ2n) is 7.47. The Morgan fingerprint density at radius 3 is 2.28 bits per heavy atom. The van der Waals surface area contributed by atoms with Gasteiger partial charge in [-0.15, -0.1) is 0 Å². The number of hydrogen-bond donors (Lipinski definition) is 0. The molecule has 1 aromatic rings. The molecule has 4 heteroatoms. The molecule has 0 radical (unpaired) electrons. The molecular weight excluding hydrogens is 312 g/mol. The maximum absolute atomic E-state index is 12.6. The van der Waals surface area contributed by atoms with Gasteiger partial charge >= 0.3 is 0 Å². The van der Waals surface area contributed by atoms with E-state index in [1.165, 1.54) is 30.4 Å². The summed E-state index contributed by atoms with van der Waals surface area (Å²) in [6.07, 6.45) is 7.10. The molecule has 1 saturated heterocycles. The minimum atomic E-state index is 0.216. The van der Waals surface area contributed by atoms with Crippen LogP contribution in [0.4, 0.5) is 0 Å². The van der Waals surface area contributed by atoms with Crippen molar-refractivity contribution in [1.29, 1.82) is 0 Å². The van der Waals surface area contributed by atoms with Crippen LogP contribution in [-0.2, 0) is 16.0 Å². The lowest BCUT2D eigenvalue weighted by atomic mass is 9.88. The van der Waals surface area contributed by atoms with Crippen LogP contribution in [0.25, 0.3) is 0 Å². The molecule has 0 atom stereocenters. The minimum Gasteiger partial charge on any atom is -0.339 e. The van der Waals surface area contributed by atoms with E-state index >= 15 is 0 Å². The average molecular weight is 342 g/mol. The fourth-order valence-corrected chi connectivity index (χ4v) is 4.07. The van der Waals surface area contributed by atoms with E-state index in [-0.39, 0.29) is 11.8 Å². The first-order valence-electron chi connectivity index (χ1n) is 9.76. The number of hydrogen-bond acceptors (Lipinski definition) is 2. The van der Waals surface area contributed by atoms with Gasteiger partial charge in [0.15, 0.2) is 0 Å². The van der Waals surface area contributed by atoms with E-state index in [1.807, 2.05) is 21.9 Å². The third-order valence-electron chi connectivity index (χ3n) is 5.77. The predicted molar refractivity (Wildman–Crippen MR) is 99.2 cm³/mol. The highest BCUT2D eigenvalue weighted by atomic mass is 16.2. The van der Waals surface area contributed by atoms with Gasteiger partial charge in [0.05, 0.1) is 0 Å². The second kappa shape index (κ2) is 8.50. The van der Waals surface area contributed by atoms with E-state index in [0.717, 1.165) is 19.3 Å². The summed E-state index contributed by atoms with van der Waals surface area (Å²) >= 11 is 0. The van der Waals surface area contributed by atoms with Gasteiger partial charge in [0.1, 0.15) is 0 Å². The first-order chi connectivity index (χ1) is 12.1. The zero-order valence-electron chi connectivity index (χ0n) is 15.4. The molecule has 0 spiro atoms. The molecule has 0 bridgehead atoms. The van der Waals surface area contributed by atoms with Gasteiger partial charge in [0, 0.05) is 38.5 Å². The molecule has 136 valence electrons. The van der Waals surface area contributed by atoms with Crippen LogP contribution in [0, 0.1) is 12.8 Å². The van der Waals surface area contributed by atoms with E-state index in [2.05, 4.69) is 19.1 Å². The quantitative estimate of drug-likeness (QED) is 0.843. The number of aryl methyl sites for hydroxylation is 2. The largest absolute Gasteiger partial charge is 0.339 e. The number of rotatable bonds is 4. The molecule has 0 unspecified atom stereocenters.